The first-order valence-electron chi connectivity index (χ1n) is 14.9. The third-order valence-electron chi connectivity index (χ3n) is 8.63. The Kier molecular flexibility index (Phi) is 9.82. The van der Waals surface area contributed by atoms with Gasteiger partial charge in [0.05, 0.1) is 34.9 Å². The third-order valence-corrected chi connectivity index (χ3v) is 9.15. The summed E-state index contributed by atoms with van der Waals surface area (Å²) in [4.78, 5) is 6.81. The standard InChI is InChI=1S/C33H39F3N8OS/c1-19(20-6-9-23(34)10-7-20)45-27-14-21(8-11-26(27)42-46-32(35)36)29(37)28-30(39-4)25(17-40-31(28)38)22-16-41-44(18-22)24-12-13-43(5)33(2,3)15-24/h6-11,14,16-19,24,32,37,42H,12-13,15H2,1-5H3,(H3,38,39,40). The number of nitrogens with one attached hydrogen (secondary N) is 3. The summed E-state index contributed by atoms with van der Waals surface area (Å²) in [5.41, 5.74) is 10.5. The van der Waals surface area contributed by atoms with E-state index in [-0.39, 0.29) is 46.6 Å². The van der Waals surface area contributed by atoms with Crippen LogP contribution in [0.5, 0.6) is 5.75 Å². The molecule has 1 fully saturated rings. The predicted octanol–water partition coefficient (Wildman–Crippen LogP) is 7.59. The molecule has 244 valence electrons. The molecule has 5 N–H and O–H groups in total. The van der Waals surface area contributed by atoms with E-state index in [1.54, 1.807) is 56.7 Å². The Morgan fingerprint density at radius 3 is 2.59 bits per heavy atom. The number of hydrogen-bond donors (Lipinski definition) is 4. The fourth-order valence-electron chi connectivity index (χ4n) is 5.74. The number of benzene rings is 2. The van der Waals surface area contributed by atoms with Crippen LogP contribution in [-0.4, -0.2) is 57.3 Å². The molecular formula is C33H39F3N8OS. The highest BCUT2D eigenvalue weighted by Crippen LogP contribution is 2.39. The summed E-state index contributed by atoms with van der Waals surface area (Å²) in [6.45, 7) is 7.23. The number of likely N-dealkylation sites (tertiary alicyclic amines) is 1. The second kappa shape index (κ2) is 13.6. The number of rotatable bonds is 11. The molecule has 0 aliphatic carbocycles. The Bertz CT molecular complexity index is 1690. The fraction of sp³-hybridized carbons (Fsp3) is 0.364. The van der Waals surface area contributed by atoms with Crippen LogP contribution in [0.1, 0.15) is 62.4 Å². The van der Waals surface area contributed by atoms with E-state index in [9.17, 15) is 18.6 Å². The van der Waals surface area contributed by atoms with Crippen molar-refractivity contribution in [2.24, 2.45) is 0 Å². The van der Waals surface area contributed by atoms with Crippen LogP contribution < -0.4 is 20.5 Å². The molecule has 1 aliphatic heterocycles. The van der Waals surface area contributed by atoms with Crippen molar-refractivity contribution >= 4 is 34.9 Å². The summed E-state index contributed by atoms with van der Waals surface area (Å²) >= 11 is 0.237. The van der Waals surface area contributed by atoms with E-state index in [1.807, 2.05) is 10.9 Å². The molecule has 0 radical (unpaired) electrons. The monoisotopic (exact) mass is 652 g/mol. The summed E-state index contributed by atoms with van der Waals surface area (Å²) < 4.78 is 50.5. The van der Waals surface area contributed by atoms with Crippen LogP contribution in [0.25, 0.3) is 11.1 Å². The molecule has 2 aromatic carbocycles. The minimum Gasteiger partial charge on any atom is -0.484 e. The van der Waals surface area contributed by atoms with Gasteiger partial charge in [0.1, 0.15) is 23.5 Å². The van der Waals surface area contributed by atoms with Crippen molar-refractivity contribution in [1.82, 2.24) is 19.7 Å². The lowest BCUT2D eigenvalue weighted by Gasteiger charge is -2.43. The molecule has 3 heterocycles. The molecule has 0 saturated carbocycles. The van der Waals surface area contributed by atoms with E-state index in [0.717, 1.165) is 30.5 Å². The summed E-state index contributed by atoms with van der Waals surface area (Å²) in [6.07, 6.45) is 6.89. The molecule has 46 heavy (non-hydrogen) atoms. The number of aromatic nitrogens is 3. The normalized spacial score (nSPS) is 17.1. The smallest absolute Gasteiger partial charge is 0.302 e. The highest BCUT2D eigenvalue weighted by molar-refractivity contribution is 8.00. The number of pyridine rings is 1. The maximum Gasteiger partial charge on any atom is 0.302 e. The van der Waals surface area contributed by atoms with Gasteiger partial charge in [0.2, 0.25) is 0 Å². The Morgan fingerprint density at radius 2 is 1.91 bits per heavy atom. The zero-order valence-electron chi connectivity index (χ0n) is 26.4. The number of halogens is 3. The Balaban J connectivity index is 1.48. The number of anilines is 3. The quantitative estimate of drug-likeness (QED) is 0.0968. The molecule has 1 aliphatic rings. The van der Waals surface area contributed by atoms with Crippen molar-refractivity contribution in [1.29, 1.82) is 5.41 Å². The molecule has 0 bridgehead atoms. The zero-order chi connectivity index (χ0) is 33.2. The minimum atomic E-state index is -2.66. The molecule has 2 aromatic heterocycles. The van der Waals surface area contributed by atoms with Crippen LogP contribution in [0, 0.1) is 11.2 Å². The first-order valence-corrected chi connectivity index (χ1v) is 15.8. The number of piperidine rings is 1. The Morgan fingerprint density at radius 1 is 1.17 bits per heavy atom. The molecule has 1 saturated heterocycles. The molecule has 2 unspecified atom stereocenters. The highest BCUT2D eigenvalue weighted by Gasteiger charge is 2.33. The topological polar surface area (TPSA) is 117 Å². The second-order valence-corrected chi connectivity index (χ2v) is 12.8. The van der Waals surface area contributed by atoms with Gasteiger partial charge in [-0.2, -0.15) is 13.9 Å². The van der Waals surface area contributed by atoms with E-state index in [0.29, 0.717) is 28.1 Å². The van der Waals surface area contributed by atoms with Gasteiger partial charge in [-0.3, -0.25) is 10.1 Å². The van der Waals surface area contributed by atoms with Gasteiger partial charge >= 0.3 is 5.76 Å². The van der Waals surface area contributed by atoms with Crippen LogP contribution >= 0.6 is 11.9 Å². The van der Waals surface area contributed by atoms with Crippen LogP contribution in [0.4, 0.5) is 30.4 Å². The van der Waals surface area contributed by atoms with Crippen molar-refractivity contribution in [3.63, 3.8) is 0 Å². The van der Waals surface area contributed by atoms with Crippen LogP contribution in [0.3, 0.4) is 0 Å². The number of nitrogens with zero attached hydrogens (tertiary/aromatic N) is 4. The van der Waals surface area contributed by atoms with Gasteiger partial charge in [-0.05, 0) is 70.5 Å². The van der Waals surface area contributed by atoms with Crippen LogP contribution in [0.15, 0.2) is 61.1 Å². The lowest BCUT2D eigenvalue weighted by Crippen LogP contribution is -2.47. The number of nitrogen functional groups attached to an aromatic ring is 1. The van der Waals surface area contributed by atoms with E-state index in [4.69, 9.17) is 15.6 Å². The van der Waals surface area contributed by atoms with E-state index < -0.39 is 11.9 Å². The van der Waals surface area contributed by atoms with Gasteiger partial charge in [0.15, 0.2) is 0 Å². The number of alkyl halides is 2. The molecule has 2 atom stereocenters. The van der Waals surface area contributed by atoms with Crippen LogP contribution in [0.2, 0.25) is 0 Å². The number of nitrogens with two attached hydrogens (primary N) is 1. The molecular weight excluding hydrogens is 613 g/mol. The van der Waals surface area contributed by atoms with Gasteiger partial charge in [-0.1, -0.05) is 18.2 Å². The lowest BCUT2D eigenvalue weighted by atomic mass is 9.87. The lowest BCUT2D eigenvalue weighted by molar-refractivity contribution is 0.0719. The zero-order valence-corrected chi connectivity index (χ0v) is 27.3. The maximum atomic E-state index is 13.5. The maximum absolute atomic E-state index is 13.5. The summed E-state index contributed by atoms with van der Waals surface area (Å²) in [7, 11) is 3.90. The van der Waals surface area contributed by atoms with Gasteiger partial charge in [0, 0.05) is 60.2 Å². The molecule has 4 aromatic rings. The Labute approximate surface area is 271 Å². The van der Waals surface area contributed by atoms with Crippen molar-refractivity contribution < 1.29 is 17.9 Å². The predicted molar refractivity (Wildman–Crippen MR) is 179 cm³/mol. The molecule has 0 spiro atoms. The summed E-state index contributed by atoms with van der Waals surface area (Å²) in [5.74, 6) is -2.65. The highest BCUT2D eigenvalue weighted by atomic mass is 32.2. The molecule has 9 nitrogen and oxygen atoms in total. The first-order chi connectivity index (χ1) is 21.9. The van der Waals surface area contributed by atoms with Gasteiger partial charge in [0.25, 0.3) is 0 Å². The van der Waals surface area contributed by atoms with E-state index in [2.05, 4.69) is 40.8 Å². The first kappa shape index (κ1) is 33.1. The summed E-state index contributed by atoms with van der Waals surface area (Å²) in [5, 5.41) is 17.1. The average molecular weight is 653 g/mol. The van der Waals surface area contributed by atoms with E-state index >= 15 is 0 Å². The molecule has 13 heteroatoms. The molecule has 0 amide bonds. The largest absolute Gasteiger partial charge is 0.484 e. The van der Waals surface area contributed by atoms with Crippen molar-refractivity contribution in [2.45, 2.75) is 57.1 Å². The second-order valence-electron chi connectivity index (χ2n) is 12.0. The van der Waals surface area contributed by atoms with Crippen molar-refractivity contribution in [3.8, 4) is 16.9 Å². The number of ether oxygens (including phenoxy) is 1. The van der Waals surface area contributed by atoms with E-state index in [1.165, 1.54) is 12.1 Å². The number of hydrogen-bond acceptors (Lipinski definition) is 9. The van der Waals surface area contributed by atoms with Crippen LogP contribution in [-0.2, 0) is 0 Å². The van der Waals surface area contributed by atoms with Gasteiger partial charge in [-0.25, -0.2) is 9.37 Å². The SMILES string of the molecule is CNc1c(-c2cnn(C3CCN(C)C(C)(C)C3)c2)cnc(N)c1C(=N)c1ccc(NSC(F)F)c(OC(C)c2ccc(F)cc2)c1. The molecule has 5 rings (SSSR count). The fourth-order valence-corrected chi connectivity index (χ4v) is 6.13. The Hall–Kier alpha value is -4.23. The van der Waals surface area contributed by atoms with Crippen molar-refractivity contribution in [3.05, 3.63) is 83.6 Å². The van der Waals surface area contributed by atoms with Gasteiger partial charge < -0.3 is 25.4 Å². The van der Waals surface area contributed by atoms with Crippen molar-refractivity contribution in [2.75, 3.05) is 36.4 Å². The van der Waals surface area contributed by atoms with Gasteiger partial charge in [-0.15, -0.1) is 0 Å². The third kappa shape index (κ3) is 7.10. The summed E-state index contributed by atoms with van der Waals surface area (Å²) in [6, 6.07) is 10.9. The average Bonchev–Trinajstić information content (AvgIpc) is 3.51. The minimum absolute atomic E-state index is 0.0543.